The van der Waals surface area contributed by atoms with Gasteiger partial charge in [0.15, 0.2) is 0 Å². The molecule has 28 heavy (non-hydrogen) atoms. The first-order valence-electron chi connectivity index (χ1n) is 11.7. The third-order valence-corrected chi connectivity index (χ3v) is 5.46. The maximum absolute atomic E-state index is 11.9. The number of allylic oxidation sites excluding steroid dienone is 2. The molecule has 0 bridgehead atoms. The van der Waals surface area contributed by atoms with E-state index in [2.05, 4.69) is 24.4 Å². The van der Waals surface area contributed by atoms with Crippen LogP contribution in [0.4, 0.5) is 0 Å². The number of amides is 1. The minimum Gasteiger partial charge on any atom is -0.480 e. The first kappa shape index (κ1) is 26.7. The van der Waals surface area contributed by atoms with Crippen LogP contribution in [-0.4, -0.2) is 23.0 Å². The van der Waals surface area contributed by atoms with Crippen LogP contribution in [0.3, 0.4) is 0 Å². The molecule has 0 spiro atoms. The number of carbonyl (C=O) groups excluding carboxylic acids is 1. The summed E-state index contributed by atoms with van der Waals surface area (Å²) < 4.78 is 0. The van der Waals surface area contributed by atoms with Gasteiger partial charge in [0.05, 0.1) is 0 Å². The van der Waals surface area contributed by atoms with Gasteiger partial charge in [-0.15, -0.1) is 0 Å². The third kappa shape index (κ3) is 15.7. The van der Waals surface area contributed by atoms with Crippen molar-refractivity contribution < 1.29 is 14.7 Å². The van der Waals surface area contributed by atoms with Gasteiger partial charge in [-0.3, -0.25) is 4.79 Å². The Balaban J connectivity index is 3.52. The molecule has 0 heterocycles. The minimum atomic E-state index is -0.938. The van der Waals surface area contributed by atoms with Crippen LogP contribution in [0.25, 0.3) is 0 Å². The molecule has 0 aromatic heterocycles. The average molecular weight is 396 g/mol. The number of unbranched alkanes of at least 4 members (excludes halogenated alkanes) is 11. The largest absolute Gasteiger partial charge is 0.480 e. The molecule has 2 N–H and O–H groups in total. The zero-order chi connectivity index (χ0) is 21.0. The number of carboxylic acid groups (broad SMARTS) is 1. The van der Waals surface area contributed by atoms with Gasteiger partial charge in [-0.05, 0) is 38.0 Å². The summed E-state index contributed by atoms with van der Waals surface area (Å²) in [5.74, 6) is -1.12. The van der Waals surface area contributed by atoms with Gasteiger partial charge in [0.2, 0.25) is 5.91 Å². The Hall–Kier alpha value is -1.32. The highest BCUT2D eigenvalue weighted by Crippen LogP contribution is 2.11. The van der Waals surface area contributed by atoms with Crippen molar-refractivity contribution in [3.8, 4) is 0 Å². The van der Waals surface area contributed by atoms with Crippen molar-refractivity contribution in [3.63, 3.8) is 0 Å². The normalized spacial score (nSPS) is 13.5. The second-order valence-electron chi connectivity index (χ2n) is 8.10. The fourth-order valence-corrected chi connectivity index (χ4v) is 3.28. The molecule has 4 heteroatoms. The molecular formula is C24H45NO3. The second-order valence-corrected chi connectivity index (χ2v) is 8.10. The van der Waals surface area contributed by atoms with E-state index in [1.54, 1.807) is 0 Å². The molecule has 1 amide bonds. The number of rotatable bonds is 19. The molecule has 0 saturated carbocycles. The van der Waals surface area contributed by atoms with E-state index < -0.39 is 12.0 Å². The molecule has 4 nitrogen and oxygen atoms in total. The Morgan fingerprint density at radius 2 is 1.32 bits per heavy atom. The van der Waals surface area contributed by atoms with Crippen molar-refractivity contribution in [2.24, 2.45) is 5.92 Å². The van der Waals surface area contributed by atoms with Crippen LogP contribution in [0.5, 0.6) is 0 Å². The van der Waals surface area contributed by atoms with E-state index in [4.69, 9.17) is 0 Å². The van der Waals surface area contributed by atoms with Gasteiger partial charge in [0.1, 0.15) is 6.04 Å². The van der Waals surface area contributed by atoms with Crippen molar-refractivity contribution >= 4 is 11.9 Å². The van der Waals surface area contributed by atoms with Gasteiger partial charge in [-0.25, -0.2) is 4.79 Å². The van der Waals surface area contributed by atoms with Gasteiger partial charge in [-0.2, -0.15) is 0 Å². The maximum atomic E-state index is 11.9. The predicted molar refractivity (Wildman–Crippen MR) is 118 cm³/mol. The lowest BCUT2D eigenvalue weighted by atomic mass is 9.99. The van der Waals surface area contributed by atoms with Crippen molar-refractivity contribution in [2.75, 3.05) is 0 Å². The monoisotopic (exact) mass is 395 g/mol. The van der Waals surface area contributed by atoms with Crippen molar-refractivity contribution in [1.82, 2.24) is 5.32 Å². The second kappa shape index (κ2) is 19.0. The molecule has 0 aliphatic rings. The fraction of sp³-hybridized carbons (Fsp3) is 0.833. The Morgan fingerprint density at radius 3 is 1.82 bits per heavy atom. The highest BCUT2D eigenvalue weighted by Gasteiger charge is 2.24. The Kier molecular flexibility index (Phi) is 18.1. The van der Waals surface area contributed by atoms with Gasteiger partial charge in [-0.1, -0.05) is 90.7 Å². The van der Waals surface area contributed by atoms with Crippen LogP contribution in [0, 0.1) is 5.92 Å². The lowest BCUT2D eigenvalue weighted by Gasteiger charge is -2.20. The standard InChI is InChI=1S/C24H45NO3/c1-4-6-7-8-9-10-11-12-13-14-15-16-17-18-19-20-22(26)25-23(24(27)28)21(3)5-2/h12-13,21,23H,4-11,14-20H2,1-3H3,(H,25,26)(H,27,28)/b13-12-/t21-,23-/m0/s1. The van der Waals surface area contributed by atoms with E-state index in [0.29, 0.717) is 6.42 Å². The average Bonchev–Trinajstić information content (AvgIpc) is 2.68. The quantitative estimate of drug-likeness (QED) is 0.190. The zero-order valence-corrected chi connectivity index (χ0v) is 18.7. The van der Waals surface area contributed by atoms with Crippen LogP contribution in [0.1, 0.15) is 117 Å². The van der Waals surface area contributed by atoms with Gasteiger partial charge in [0.25, 0.3) is 0 Å². The summed E-state index contributed by atoms with van der Waals surface area (Å²) in [7, 11) is 0. The van der Waals surface area contributed by atoms with E-state index in [1.165, 1.54) is 57.8 Å². The smallest absolute Gasteiger partial charge is 0.326 e. The molecule has 0 aliphatic heterocycles. The Labute approximate surface area is 173 Å². The van der Waals surface area contributed by atoms with Crippen LogP contribution in [0.15, 0.2) is 12.2 Å². The molecule has 0 aliphatic carbocycles. The van der Waals surface area contributed by atoms with Crippen LogP contribution in [-0.2, 0) is 9.59 Å². The summed E-state index contributed by atoms with van der Waals surface area (Å²) in [6, 6.07) is -0.763. The summed E-state index contributed by atoms with van der Waals surface area (Å²) in [6.45, 7) is 6.06. The topological polar surface area (TPSA) is 66.4 Å². The lowest BCUT2D eigenvalue weighted by Crippen LogP contribution is -2.44. The van der Waals surface area contributed by atoms with Crippen LogP contribution in [0.2, 0.25) is 0 Å². The van der Waals surface area contributed by atoms with Gasteiger partial charge < -0.3 is 10.4 Å². The maximum Gasteiger partial charge on any atom is 0.326 e. The van der Waals surface area contributed by atoms with E-state index >= 15 is 0 Å². The summed E-state index contributed by atoms with van der Waals surface area (Å²) in [5, 5.41) is 11.9. The zero-order valence-electron chi connectivity index (χ0n) is 18.7. The highest BCUT2D eigenvalue weighted by molar-refractivity contribution is 5.83. The van der Waals surface area contributed by atoms with Gasteiger partial charge >= 0.3 is 5.97 Å². The third-order valence-electron chi connectivity index (χ3n) is 5.46. The van der Waals surface area contributed by atoms with E-state index in [-0.39, 0.29) is 11.8 Å². The molecule has 0 rings (SSSR count). The summed E-state index contributed by atoms with van der Waals surface area (Å²) in [6.07, 6.45) is 21.8. The molecule has 2 atom stereocenters. The molecule has 0 aromatic carbocycles. The molecule has 0 radical (unpaired) electrons. The highest BCUT2D eigenvalue weighted by atomic mass is 16.4. The molecule has 164 valence electrons. The molecular weight excluding hydrogens is 350 g/mol. The first-order valence-corrected chi connectivity index (χ1v) is 11.7. The molecule has 0 aromatic rings. The number of hydrogen-bond acceptors (Lipinski definition) is 2. The Bertz CT molecular complexity index is 420. The Morgan fingerprint density at radius 1 is 0.821 bits per heavy atom. The number of aliphatic carboxylic acids is 1. The molecule has 0 fully saturated rings. The van der Waals surface area contributed by atoms with Crippen molar-refractivity contribution in [1.29, 1.82) is 0 Å². The van der Waals surface area contributed by atoms with Crippen molar-refractivity contribution in [3.05, 3.63) is 12.2 Å². The summed E-state index contributed by atoms with van der Waals surface area (Å²) in [4.78, 5) is 23.2. The number of carboxylic acids is 1. The van der Waals surface area contributed by atoms with E-state index in [1.807, 2.05) is 13.8 Å². The predicted octanol–water partition coefficient (Wildman–Crippen LogP) is 6.64. The summed E-state index contributed by atoms with van der Waals surface area (Å²) >= 11 is 0. The van der Waals surface area contributed by atoms with E-state index in [0.717, 1.165) is 32.1 Å². The number of hydrogen-bond donors (Lipinski definition) is 2. The minimum absolute atomic E-state index is 0.0458. The fourth-order valence-electron chi connectivity index (χ4n) is 3.28. The van der Waals surface area contributed by atoms with Gasteiger partial charge in [0, 0.05) is 6.42 Å². The molecule has 0 saturated heterocycles. The SMILES string of the molecule is CCCCCCCC/C=C\CCCCCCCC(=O)N[C@H](C(=O)O)[C@@H](C)CC. The van der Waals surface area contributed by atoms with Crippen molar-refractivity contribution in [2.45, 2.75) is 123 Å². The lowest BCUT2D eigenvalue weighted by molar-refractivity contribution is -0.143. The van der Waals surface area contributed by atoms with Crippen LogP contribution < -0.4 is 5.32 Å². The number of carbonyl (C=O) groups is 2. The van der Waals surface area contributed by atoms with E-state index in [9.17, 15) is 14.7 Å². The van der Waals surface area contributed by atoms with Crippen LogP contribution >= 0.6 is 0 Å². The number of nitrogens with one attached hydrogen (secondary N) is 1. The summed E-state index contributed by atoms with van der Waals surface area (Å²) in [5.41, 5.74) is 0. The first-order chi connectivity index (χ1) is 13.5. The molecule has 0 unspecified atom stereocenters.